The summed E-state index contributed by atoms with van der Waals surface area (Å²) in [6.45, 7) is 3.60. The van der Waals surface area contributed by atoms with Gasteiger partial charge in [0.05, 0.1) is 23.0 Å². The molecule has 0 fully saturated rings. The zero-order valence-corrected chi connectivity index (χ0v) is 15.3. The maximum Gasteiger partial charge on any atom is 0.272 e. The highest BCUT2D eigenvalue weighted by Crippen LogP contribution is 2.16. The van der Waals surface area contributed by atoms with Gasteiger partial charge in [-0.05, 0) is 36.4 Å². The average molecular weight is 394 g/mol. The maximum absolute atomic E-state index is 12.2. The second kappa shape index (κ2) is 8.70. The molecule has 29 heavy (non-hydrogen) atoms. The molecule has 3 rings (SSSR count). The van der Waals surface area contributed by atoms with Crippen LogP contribution < -0.4 is 26.5 Å². The van der Waals surface area contributed by atoms with Crippen molar-refractivity contribution in [2.24, 2.45) is 0 Å². The second-order valence-corrected chi connectivity index (χ2v) is 5.99. The zero-order chi connectivity index (χ0) is 20.8. The first-order chi connectivity index (χ1) is 14.0. The minimum absolute atomic E-state index is 0.0611. The number of nitrogens with one attached hydrogen (secondary N) is 4. The number of carbonyl (C=O) groups is 2. The number of H-pyrrole nitrogens is 2. The van der Waals surface area contributed by atoms with Crippen molar-refractivity contribution >= 4 is 28.3 Å². The van der Waals surface area contributed by atoms with Gasteiger partial charge in [-0.3, -0.25) is 29.4 Å². The standard InChI is InChI=1S/C20H18N4O5/c1-2-10-29-13-8-6-12(7-9-13)18(26)21-11-16(25)22-15-5-3-4-14-17(15)20(28)24-23-19(14)27/h2-9H,1,10-11H2,(H,21,26)(H,22,25)(H,23,27)(H,24,28). The summed E-state index contributed by atoms with van der Waals surface area (Å²) < 4.78 is 5.34. The Labute approximate surface area is 164 Å². The third-order valence-electron chi connectivity index (χ3n) is 3.99. The highest BCUT2D eigenvalue weighted by atomic mass is 16.5. The molecule has 0 bridgehead atoms. The molecule has 0 spiro atoms. The summed E-state index contributed by atoms with van der Waals surface area (Å²) in [6, 6.07) is 10.9. The highest BCUT2D eigenvalue weighted by Gasteiger charge is 2.12. The van der Waals surface area contributed by atoms with Gasteiger partial charge in [-0.25, -0.2) is 0 Å². The topological polar surface area (TPSA) is 133 Å². The van der Waals surface area contributed by atoms with Crippen molar-refractivity contribution in [3.05, 3.63) is 81.4 Å². The Bertz CT molecular complexity index is 1180. The lowest BCUT2D eigenvalue weighted by molar-refractivity contribution is -0.115. The van der Waals surface area contributed by atoms with Crippen molar-refractivity contribution < 1.29 is 14.3 Å². The van der Waals surface area contributed by atoms with E-state index in [4.69, 9.17) is 4.74 Å². The van der Waals surface area contributed by atoms with Crippen LogP contribution in [-0.4, -0.2) is 35.2 Å². The first kappa shape index (κ1) is 19.6. The van der Waals surface area contributed by atoms with Crippen LogP contribution in [0.15, 0.2) is 64.7 Å². The van der Waals surface area contributed by atoms with Gasteiger partial charge in [-0.15, -0.1) is 0 Å². The molecule has 1 heterocycles. The van der Waals surface area contributed by atoms with Crippen LogP contribution >= 0.6 is 0 Å². The molecule has 3 aromatic rings. The van der Waals surface area contributed by atoms with Crippen LogP contribution in [0, 0.1) is 0 Å². The van der Waals surface area contributed by atoms with Gasteiger partial charge in [0.15, 0.2) is 0 Å². The second-order valence-electron chi connectivity index (χ2n) is 5.99. The molecule has 148 valence electrons. The molecule has 0 unspecified atom stereocenters. The van der Waals surface area contributed by atoms with Crippen LogP contribution in [0.25, 0.3) is 10.8 Å². The SMILES string of the molecule is C=CCOc1ccc(C(=O)NCC(=O)Nc2cccc3c(=O)[nH][nH]c(=O)c23)cc1. The number of hydrogen-bond acceptors (Lipinski definition) is 5. The van der Waals surface area contributed by atoms with Crippen molar-refractivity contribution in [3.63, 3.8) is 0 Å². The Balaban J connectivity index is 1.65. The molecular weight excluding hydrogens is 376 g/mol. The third kappa shape index (κ3) is 4.59. The molecule has 9 nitrogen and oxygen atoms in total. The Morgan fingerprint density at radius 2 is 1.76 bits per heavy atom. The van der Waals surface area contributed by atoms with E-state index in [1.165, 1.54) is 12.1 Å². The van der Waals surface area contributed by atoms with E-state index >= 15 is 0 Å². The molecule has 4 N–H and O–H groups in total. The monoisotopic (exact) mass is 394 g/mol. The molecular formula is C20H18N4O5. The first-order valence-electron chi connectivity index (χ1n) is 8.65. The number of fused-ring (bicyclic) bond motifs is 1. The fourth-order valence-corrected chi connectivity index (χ4v) is 2.65. The quantitative estimate of drug-likeness (QED) is 0.446. The predicted octanol–water partition coefficient (Wildman–Crippen LogP) is 1.15. The number of anilines is 1. The maximum atomic E-state index is 12.2. The lowest BCUT2D eigenvalue weighted by atomic mass is 10.1. The molecule has 0 saturated carbocycles. The van der Waals surface area contributed by atoms with Crippen LogP contribution in [0.4, 0.5) is 5.69 Å². The number of amides is 2. The first-order valence-corrected chi connectivity index (χ1v) is 8.65. The molecule has 2 amide bonds. The van der Waals surface area contributed by atoms with Gasteiger partial charge in [0, 0.05) is 5.56 Å². The van der Waals surface area contributed by atoms with E-state index < -0.39 is 22.9 Å². The van der Waals surface area contributed by atoms with E-state index in [9.17, 15) is 19.2 Å². The van der Waals surface area contributed by atoms with E-state index in [-0.39, 0.29) is 23.0 Å². The van der Waals surface area contributed by atoms with Gasteiger partial charge in [-0.1, -0.05) is 18.7 Å². The molecule has 9 heteroatoms. The number of ether oxygens (including phenoxy) is 1. The average Bonchev–Trinajstić information content (AvgIpc) is 2.73. The summed E-state index contributed by atoms with van der Waals surface area (Å²) in [7, 11) is 0. The summed E-state index contributed by atoms with van der Waals surface area (Å²) in [5.74, 6) is -0.394. The lowest BCUT2D eigenvalue weighted by Crippen LogP contribution is -2.33. The molecule has 2 aromatic carbocycles. The minimum atomic E-state index is -0.545. The van der Waals surface area contributed by atoms with Gasteiger partial charge < -0.3 is 15.4 Å². The third-order valence-corrected chi connectivity index (χ3v) is 3.99. The molecule has 0 aliphatic heterocycles. The number of aromatic nitrogens is 2. The summed E-state index contributed by atoms with van der Waals surface area (Å²) in [5.41, 5.74) is -0.488. The molecule has 0 saturated heterocycles. The molecule has 0 atom stereocenters. The van der Waals surface area contributed by atoms with Crippen LogP contribution in [0.5, 0.6) is 5.75 Å². The molecule has 0 aliphatic carbocycles. The lowest BCUT2D eigenvalue weighted by Gasteiger charge is -2.09. The smallest absolute Gasteiger partial charge is 0.272 e. The number of rotatable bonds is 7. The normalized spacial score (nSPS) is 10.3. The van der Waals surface area contributed by atoms with Crippen molar-refractivity contribution in [2.75, 3.05) is 18.5 Å². The van der Waals surface area contributed by atoms with Crippen molar-refractivity contribution in [1.29, 1.82) is 0 Å². The summed E-state index contributed by atoms with van der Waals surface area (Å²) in [4.78, 5) is 48.2. The van der Waals surface area contributed by atoms with E-state index in [1.807, 2.05) is 0 Å². The molecule has 0 radical (unpaired) electrons. The van der Waals surface area contributed by atoms with Gasteiger partial charge in [0.25, 0.3) is 17.0 Å². The summed E-state index contributed by atoms with van der Waals surface area (Å²) >= 11 is 0. The predicted molar refractivity (Wildman–Crippen MR) is 108 cm³/mol. The zero-order valence-electron chi connectivity index (χ0n) is 15.3. The number of carbonyl (C=O) groups excluding carboxylic acids is 2. The van der Waals surface area contributed by atoms with E-state index in [1.54, 1.807) is 36.4 Å². The number of aromatic amines is 2. The Hall–Kier alpha value is -4.14. The molecule has 1 aromatic heterocycles. The summed E-state index contributed by atoms with van der Waals surface area (Å²) in [5, 5.41) is 9.67. The molecule has 0 aliphatic rings. The van der Waals surface area contributed by atoms with Crippen LogP contribution in [-0.2, 0) is 4.79 Å². The van der Waals surface area contributed by atoms with Crippen LogP contribution in [0.2, 0.25) is 0 Å². The summed E-state index contributed by atoms with van der Waals surface area (Å²) in [6.07, 6.45) is 1.61. The Morgan fingerprint density at radius 3 is 2.48 bits per heavy atom. The van der Waals surface area contributed by atoms with Gasteiger partial charge in [0.1, 0.15) is 12.4 Å². The van der Waals surface area contributed by atoms with E-state index in [2.05, 4.69) is 27.4 Å². The largest absolute Gasteiger partial charge is 0.490 e. The Morgan fingerprint density at radius 1 is 1.03 bits per heavy atom. The van der Waals surface area contributed by atoms with Crippen molar-refractivity contribution in [3.8, 4) is 5.75 Å². The van der Waals surface area contributed by atoms with Crippen LogP contribution in [0.1, 0.15) is 10.4 Å². The fraction of sp³-hybridized carbons (Fsp3) is 0.100. The Kier molecular flexibility index (Phi) is 5.88. The van der Waals surface area contributed by atoms with Crippen molar-refractivity contribution in [1.82, 2.24) is 15.5 Å². The van der Waals surface area contributed by atoms with E-state index in [0.717, 1.165) is 0 Å². The number of hydrogen-bond donors (Lipinski definition) is 4. The van der Waals surface area contributed by atoms with Crippen LogP contribution in [0.3, 0.4) is 0 Å². The number of benzene rings is 2. The van der Waals surface area contributed by atoms with Gasteiger partial charge >= 0.3 is 0 Å². The van der Waals surface area contributed by atoms with E-state index in [0.29, 0.717) is 17.9 Å². The minimum Gasteiger partial charge on any atom is -0.490 e. The fourth-order valence-electron chi connectivity index (χ4n) is 2.65. The van der Waals surface area contributed by atoms with Gasteiger partial charge in [0.2, 0.25) is 5.91 Å². The van der Waals surface area contributed by atoms with Gasteiger partial charge in [-0.2, -0.15) is 0 Å². The highest BCUT2D eigenvalue weighted by molar-refractivity contribution is 6.04. The van der Waals surface area contributed by atoms with Crippen molar-refractivity contribution in [2.45, 2.75) is 0 Å².